The Bertz CT molecular complexity index is 357. The fraction of sp³-hybridized carbons (Fsp3) is 0.857. The molecule has 2 aliphatic carbocycles. The highest BCUT2D eigenvalue weighted by molar-refractivity contribution is 9.09. The molecule has 0 aromatic rings. The fourth-order valence-electron chi connectivity index (χ4n) is 3.93. The molecule has 2 nitrogen and oxygen atoms in total. The normalized spacial score (nSPS) is 40.1. The molecule has 1 aliphatic heterocycles. The zero-order chi connectivity index (χ0) is 12.1. The molecule has 1 heterocycles. The summed E-state index contributed by atoms with van der Waals surface area (Å²) in [5, 5.41) is 0. The monoisotopic (exact) mass is 300 g/mol. The van der Waals surface area contributed by atoms with Crippen molar-refractivity contribution in [1.82, 2.24) is 0 Å². The Morgan fingerprint density at radius 1 is 1.29 bits per heavy atom. The second-order valence-corrected chi connectivity index (χ2v) is 6.79. The van der Waals surface area contributed by atoms with Gasteiger partial charge in [-0.1, -0.05) is 35.4 Å². The van der Waals surface area contributed by atoms with Gasteiger partial charge in [-0.05, 0) is 31.3 Å². The second kappa shape index (κ2) is 4.07. The maximum atomic E-state index is 5.98. The summed E-state index contributed by atoms with van der Waals surface area (Å²) in [6.07, 6.45) is 5.74. The molecule has 1 spiro atoms. The molecular weight excluding hydrogens is 280 g/mol. The SMILES string of the molecule is CCC1=C2CC[C@@H](Br)[C@]2(C)CCC12OCCO2. The first-order chi connectivity index (χ1) is 8.12. The molecule has 96 valence electrons. The number of hydrogen-bond donors (Lipinski definition) is 0. The molecule has 0 amide bonds. The first kappa shape index (κ1) is 12.2. The Balaban J connectivity index is 2.07. The summed E-state index contributed by atoms with van der Waals surface area (Å²) in [5.74, 6) is -0.347. The molecule has 3 rings (SSSR count). The molecule has 0 radical (unpaired) electrons. The van der Waals surface area contributed by atoms with Crippen LogP contribution < -0.4 is 0 Å². The fourth-order valence-corrected chi connectivity index (χ4v) is 4.66. The van der Waals surface area contributed by atoms with Crippen LogP contribution in [-0.4, -0.2) is 23.8 Å². The Kier molecular flexibility index (Phi) is 2.92. The van der Waals surface area contributed by atoms with Crippen molar-refractivity contribution >= 4 is 15.9 Å². The maximum absolute atomic E-state index is 5.98. The van der Waals surface area contributed by atoms with Gasteiger partial charge in [0.1, 0.15) is 0 Å². The first-order valence-electron chi connectivity index (χ1n) is 6.77. The Labute approximate surface area is 112 Å². The van der Waals surface area contributed by atoms with E-state index >= 15 is 0 Å². The molecule has 2 atom stereocenters. The third-order valence-corrected chi connectivity index (χ3v) is 6.40. The lowest BCUT2D eigenvalue weighted by molar-refractivity contribution is -0.143. The zero-order valence-electron chi connectivity index (χ0n) is 10.7. The van der Waals surface area contributed by atoms with Crippen LogP contribution in [0, 0.1) is 5.41 Å². The van der Waals surface area contributed by atoms with Gasteiger partial charge in [0.05, 0.1) is 13.2 Å². The largest absolute Gasteiger partial charge is 0.344 e. The predicted molar refractivity (Wildman–Crippen MR) is 71.2 cm³/mol. The van der Waals surface area contributed by atoms with Crippen molar-refractivity contribution in [1.29, 1.82) is 0 Å². The number of halogens is 1. The van der Waals surface area contributed by atoms with Gasteiger partial charge in [-0.25, -0.2) is 0 Å². The summed E-state index contributed by atoms with van der Waals surface area (Å²) in [4.78, 5) is 0.630. The third-order valence-electron chi connectivity index (χ3n) is 4.93. The number of allylic oxidation sites excluding steroid dienone is 1. The summed E-state index contributed by atoms with van der Waals surface area (Å²) in [5.41, 5.74) is 3.41. The van der Waals surface area contributed by atoms with Crippen LogP contribution >= 0.6 is 15.9 Å². The smallest absolute Gasteiger partial charge is 0.191 e. The van der Waals surface area contributed by atoms with Crippen LogP contribution in [-0.2, 0) is 9.47 Å². The molecule has 0 aromatic carbocycles. The van der Waals surface area contributed by atoms with E-state index in [2.05, 4.69) is 29.8 Å². The van der Waals surface area contributed by atoms with Gasteiger partial charge in [0, 0.05) is 16.7 Å². The minimum atomic E-state index is -0.347. The number of hydrogen-bond acceptors (Lipinski definition) is 2. The van der Waals surface area contributed by atoms with Crippen molar-refractivity contribution in [2.75, 3.05) is 13.2 Å². The molecule has 0 aromatic heterocycles. The number of rotatable bonds is 1. The van der Waals surface area contributed by atoms with Crippen LogP contribution in [0.15, 0.2) is 11.1 Å². The van der Waals surface area contributed by atoms with Crippen molar-refractivity contribution in [3.05, 3.63) is 11.1 Å². The molecule has 1 saturated carbocycles. The summed E-state index contributed by atoms with van der Waals surface area (Å²) in [6, 6.07) is 0. The van der Waals surface area contributed by atoms with Crippen LogP contribution in [0.5, 0.6) is 0 Å². The zero-order valence-corrected chi connectivity index (χ0v) is 12.3. The van der Waals surface area contributed by atoms with Gasteiger partial charge in [0.15, 0.2) is 5.79 Å². The molecule has 1 saturated heterocycles. The van der Waals surface area contributed by atoms with Crippen molar-refractivity contribution < 1.29 is 9.47 Å². The minimum Gasteiger partial charge on any atom is -0.344 e. The van der Waals surface area contributed by atoms with E-state index in [-0.39, 0.29) is 5.79 Å². The molecule has 3 aliphatic rings. The average Bonchev–Trinajstić information content (AvgIpc) is 2.89. The molecule has 0 bridgehead atoms. The molecule has 2 fully saturated rings. The summed E-state index contributed by atoms with van der Waals surface area (Å²) >= 11 is 3.87. The van der Waals surface area contributed by atoms with Crippen LogP contribution in [0.3, 0.4) is 0 Å². The topological polar surface area (TPSA) is 18.5 Å². The molecule has 0 unspecified atom stereocenters. The summed E-state index contributed by atoms with van der Waals surface area (Å²) in [7, 11) is 0. The highest BCUT2D eigenvalue weighted by Gasteiger charge is 2.53. The van der Waals surface area contributed by atoms with Gasteiger partial charge in [0.25, 0.3) is 0 Å². The van der Waals surface area contributed by atoms with Crippen LogP contribution in [0.4, 0.5) is 0 Å². The first-order valence-corrected chi connectivity index (χ1v) is 7.69. The average molecular weight is 301 g/mol. The summed E-state index contributed by atoms with van der Waals surface area (Å²) in [6.45, 7) is 6.16. The van der Waals surface area contributed by atoms with E-state index in [4.69, 9.17) is 9.47 Å². The van der Waals surface area contributed by atoms with Gasteiger partial charge in [0.2, 0.25) is 0 Å². The highest BCUT2D eigenvalue weighted by atomic mass is 79.9. The van der Waals surface area contributed by atoms with E-state index < -0.39 is 0 Å². The van der Waals surface area contributed by atoms with Crippen LogP contribution in [0.1, 0.15) is 46.0 Å². The maximum Gasteiger partial charge on any atom is 0.191 e. The van der Waals surface area contributed by atoms with Crippen molar-refractivity contribution in [2.24, 2.45) is 5.41 Å². The molecule has 0 N–H and O–H groups in total. The van der Waals surface area contributed by atoms with Crippen molar-refractivity contribution in [3.63, 3.8) is 0 Å². The van der Waals surface area contributed by atoms with Gasteiger partial charge in [-0.15, -0.1) is 0 Å². The third kappa shape index (κ3) is 1.58. The number of alkyl halides is 1. The van der Waals surface area contributed by atoms with E-state index in [1.54, 1.807) is 5.57 Å². The summed E-state index contributed by atoms with van der Waals surface area (Å²) < 4.78 is 12.0. The second-order valence-electron chi connectivity index (χ2n) is 5.68. The lowest BCUT2D eigenvalue weighted by Crippen LogP contribution is -2.42. The van der Waals surface area contributed by atoms with E-state index in [9.17, 15) is 0 Å². The molecular formula is C14H21BrO2. The Morgan fingerprint density at radius 3 is 2.65 bits per heavy atom. The number of ether oxygens (including phenoxy) is 2. The van der Waals surface area contributed by atoms with Crippen molar-refractivity contribution in [2.45, 2.75) is 56.6 Å². The quantitative estimate of drug-likeness (QED) is 0.542. The molecule has 17 heavy (non-hydrogen) atoms. The van der Waals surface area contributed by atoms with Gasteiger partial charge in [-0.2, -0.15) is 0 Å². The van der Waals surface area contributed by atoms with Gasteiger partial charge in [-0.3, -0.25) is 0 Å². The number of fused-ring (bicyclic) bond motifs is 1. The minimum absolute atomic E-state index is 0.339. The lowest BCUT2D eigenvalue weighted by Gasteiger charge is -2.43. The Morgan fingerprint density at radius 2 is 2.00 bits per heavy atom. The van der Waals surface area contributed by atoms with Gasteiger partial charge < -0.3 is 9.47 Å². The van der Waals surface area contributed by atoms with Crippen LogP contribution in [0.25, 0.3) is 0 Å². The predicted octanol–water partition coefficient (Wildman–Crippen LogP) is 3.79. The lowest BCUT2D eigenvalue weighted by atomic mass is 9.70. The highest BCUT2D eigenvalue weighted by Crippen LogP contribution is 2.58. The van der Waals surface area contributed by atoms with Crippen LogP contribution in [0.2, 0.25) is 0 Å². The standard InChI is InChI=1S/C14H21BrO2/c1-3-10-11-4-5-12(15)13(11,2)6-7-14(10)16-8-9-17-14/h12H,3-9H2,1-2H3/t12-,13-/m1/s1. The molecule has 3 heteroatoms. The van der Waals surface area contributed by atoms with Gasteiger partial charge >= 0.3 is 0 Å². The van der Waals surface area contributed by atoms with E-state index in [1.165, 1.54) is 24.8 Å². The van der Waals surface area contributed by atoms with E-state index in [0.29, 0.717) is 10.2 Å². The van der Waals surface area contributed by atoms with Crippen molar-refractivity contribution in [3.8, 4) is 0 Å². The van der Waals surface area contributed by atoms with E-state index in [1.807, 2.05) is 0 Å². The van der Waals surface area contributed by atoms with E-state index in [0.717, 1.165) is 26.1 Å². The Hall–Kier alpha value is 0.140.